The largest absolute Gasteiger partial charge is 0.461 e. The van der Waals surface area contributed by atoms with Gasteiger partial charge in [0.05, 0.1) is 10.0 Å². The standard InChI is InChI=1S/C19H15ClN2O3S3/c1-3-10-22-14(18-12(2)25-15-7-5-4-6-13(15)18)11-26-19(22)21-28(23,24)17-9-8-16(20)27-17/h3-9,11H,1,10H2,2H3. The Hall–Kier alpha value is -2.13. The molecule has 0 unspecified atom stereocenters. The van der Waals surface area contributed by atoms with Crippen LogP contribution in [0.25, 0.3) is 22.2 Å². The third-order valence-electron chi connectivity index (χ3n) is 4.14. The quantitative estimate of drug-likeness (QED) is 0.379. The van der Waals surface area contributed by atoms with Gasteiger partial charge in [-0.2, -0.15) is 8.42 Å². The number of fused-ring (bicyclic) bond motifs is 1. The lowest BCUT2D eigenvalue weighted by molar-refractivity contribution is 0.579. The van der Waals surface area contributed by atoms with Crippen LogP contribution in [0.15, 0.2) is 67.5 Å². The summed E-state index contributed by atoms with van der Waals surface area (Å²) >= 11 is 8.13. The summed E-state index contributed by atoms with van der Waals surface area (Å²) in [6.45, 7) is 6.11. The maximum absolute atomic E-state index is 12.7. The Kier molecular flexibility index (Phi) is 5.05. The van der Waals surface area contributed by atoms with E-state index in [0.717, 1.165) is 39.3 Å². The molecule has 0 aliphatic heterocycles. The number of allylic oxidation sites excluding steroid dienone is 1. The average molecular weight is 451 g/mol. The first-order valence-corrected chi connectivity index (χ1v) is 11.8. The molecular weight excluding hydrogens is 436 g/mol. The van der Waals surface area contributed by atoms with Gasteiger partial charge in [-0.1, -0.05) is 35.9 Å². The summed E-state index contributed by atoms with van der Waals surface area (Å²) in [6.07, 6.45) is 1.71. The van der Waals surface area contributed by atoms with Crippen molar-refractivity contribution in [1.82, 2.24) is 4.57 Å². The number of para-hydroxylation sites is 1. The molecule has 3 heterocycles. The number of aryl methyl sites for hydroxylation is 1. The maximum Gasteiger partial charge on any atom is 0.294 e. The molecule has 4 aromatic rings. The SMILES string of the molecule is C=CCn1c(-c2c(C)oc3ccccc23)csc1=NS(=O)(=O)c1ccc(Cl)s1. The highest BCUT2D eigenvalue weighted by Crippen LogP contribution is 2.35. The Balaban J connectivity index is 1.94. The van der Waals surface area contributed by atoms with E-state index in [1.165, 1.54) is 17.4 Å². The van der Waals surface area contributed by atoms with Crippen LogP contribution in [0.3, 0.4) is 0 Å². The second kappa shape index (κ2) is 7.36. The van der Waals surface area contributed by atoms with Crippen LogP contribution in [-0.2, 0) is 16.6 Å². The first kappa shape index (κ1) is 19.2. The molecule has 0 aliphatic rings. The van der Waals surface area contributed by atoms with E-state index in [2.05, 4.69) is 11.0 Å². The summed E-state index contributed by atoms with van der Waals surface area (Å²) in [5.41, 5.74) is 2.54. The highest BCUT2D eigenvalue weighted by molar-refractivity contribution is 7.92. The summed E-state index contributed by atoms with van der Waals surface area (Å²) in [4.78, 5) is 0.365. The number of thiophene rings is 1. The van der Waals surface area contributed by atoms with E-state index in [9.17, 15) is 8.42 Å². The number of halogens is 1. The Morgan fingerprint density at radius 2 is 2.07 bits per heavy atom. The van der Waals surface area contributed by atoms with Crippen LogP contribution in [0, 0.1) is 6.92 Å². The van der Waals surface area contributed by atoms with Crippen LogP contribution >= 0.6 is 34.3 Å². The zero-order valence-electron chi connectivity index (χ0n) is 14.8. The molecule has 0 amide bonds. The normalized spacial score (nSPS) is 12.7. The molecular formula is C19H15ClN2O3S3. The van der Waals surface area contributed by atoms with Gasteiger partial charge in [0, 0.05) is 22.9 Å². The highest BCUT2D eigenvalue weighted by Gasteiger charge is 2.20. The molecule has 5 nitrogen and oxygen atoms in total. The number of aromatic nitrogens is 1. The monoisotopic (exact) mass is 450 g/mol. The smallest absolute Gasteiger partial charge is 0.294 e. The van der Waals surface area contributed by atoms with Crippen LogP contribution in [-0.4, -0.2) is 13.0 Å². The van der Waals surface area contributed by atoms with Gasteiger partial charge in [-0.3, -0.25) is 0 Å². The van der Waals surface area contributed by atoms with Gasteiger partial charge >= 0.3 is 0 Å². The third kappa shape index (κ3) is 3.37. The lowest BCUT2D eigenvalue weighted by Gasteiger charge is -2.06. The van der Waals surface area contributed by atoms with Gasteiger partial charge in [0.2, 0.25) is 4.80 Å². The van der Waals surface area contributed by atoms with Crippen molar-refractivity contribution in [2.24, 2.45) is 4.40 Å². The minimum absolute atomic E-state index is 0.113. The van der Waals surface area contributed by atoms with Crippen LogP contribution in [0.4, 0.5) is 0 Å². The molecule has 0 bridgehead atoms. The lowest BCUT2D eigenvalue weighted by Crippen LogP contribution is -2.17. The fourth-order valence-corrected chi connectivity index (χ4v) is 6.56. The van der Waals surface area contributed by atoms with E-state index in [4.69, 9.17) is 16.0 Å². The molecule has 28 heavy (non-hydrogen) atoms. The van der Waals surface area contributed by atoms with Crippen molar-refractivity contribution in [1.29, 1.82) is 0 Å². The lowest BCUT2D eigenvalue weighted by atomic mass is 10.1. The molecule has 0 spiro atoms. The molecule has 9 heteroatoms. The number of nitrogens with zero attached hydrogens (tertiary/aromatic N) is 2. The number of sulfonamides is 1. The Labute approximate surface area is 174 Å². The Bertz CT molecular complexity index is 1360. The zero-order valence-corrected chi connectivity index (χ0v) is 18.0. The van der Waals surface area contributed by atoms with Crippen molar-refractivity contribution in [3.63, 3.8) is 0 Å². The number of hydrogen-bond donors (Lipinski definition) is 0. The minimum Gasteiger partial charge on any atom is -0.461 e. The van der Waals surface area contributed by atoms with Crippen molar-refractivity contribution in [2.45, 2.75) is 17.7 Å². The molecule has 0 N–H and O–H groups in total. The molecule has 0 radical (unpaired) electrons. The molecule has 0 aliphatic carbocycles. The van der Waals surface area contributed by atoms with Crippen molar-refractivity contribution in [3.8, 4) is 11.3 Å². The summed E-state index contributed by atoms with van der Waals surface area (Å²) in [5.74, 6) is 0.760. The van der Waals surface area contributed by atoms with Crippen molar-refractivity contribution in [2.75, 3.05) is 0 Å². The first-order chi connectivity index (χ1) is 13.4. The van der Waals surface area contributed by atoms with E-state index >= 15 is 0 Å². The second-order valence-electron chi connectivity index (χ2n) is 5.96. The van der Waals surface area contributed by atoms with E-state index in [1.807, 2.05) is 41.1 Å². The molecule has 0 fully saturated rings. The predicted octanol–water partition coefficient (Wildman–Crippen LogP) is 5.46. The molecule has 4 rings (SSSR count). The van der Waals surface area contributed by atoms with Gasteiger partial charge in [-0.05, 0) is 25.1 Å². The zero-order chi connectivity index (χ0) is 19.9. The van der Waals surface area contributed by atoms with E-state index in [1.54, 1.807) is 12.1 Å². The van der Waals surface area contributed by atoms with E-state index in [-0.39, 0.29) is 4.21 Å². The van der Waals surface area contributed by atoms with E-state index in [0.29, 0.717) is 15.7 Å². The third-order valence-corrected chi connectivity index (χ3v) is 8.08. The van der Waals surface area contributed by atoms with Crippen molar-refractivity contribution in [3.05, 3.63) is 69.3 Å². The topological polar surface area (TPSA) is 64.6 Å². The Morgan fingerprint density at radius 3 is 2.79 bits per heavy atom. The van der Waals surface area contributed by atoms with Crippen molar-refractivity contribution >= 4 is 55.3 Å². The van der Waals surface area contributed by atoms with Gasteiger partial charge in [0.1, 0.15) is 15.6 Å². The summed E-state index contributed by atoms with van der Waals surface area (Å²) in [6, 6.07) is 10.8. The molecule has 144 valence electrons. The minimum atomic E-state index is -3.85. The van der Waals surface area contributed by atoms with Gasteiger partial charge in [0.25, 0.3) is 10.0 Å². The van der Waals surface area contributed by atoms with Crippen LogP contribution in [0.1, 0.15) is 5.76 Å². The van der Waals surface area contributed by atoms with Gasteiger partial charge < -0.3 is 8.98 Å². The highest BCUT2D eigenvalue weighted by atomic mass is 35.5. The van der Waals surface area contributed by atoms with Gasteiger partial charge in [-0.15, -0.1) is 33.7 Å². The maximum atomic E-state index is 12.7. The summed E-state index contributed by atoms with van der Waals surface area (Å²) in [7, 11) is -3.85. The molecule has 0 saturated heterocycles. The van der Waals surface area contributed by atoms with E-state index < -0.39 is 10.0 Å². The second-order valence-corrected chi connectivity index (χ2v) is 10.3. The fraction of sp³-hybridized carbons (Fsp3) is 0.105. The predicted molar refractivity (Wildman–Crippen MR) is 115 cm³/mol. The molecule has 3 aromatic heterocycles. The van der Waals surface area contributed by atoms with Gasteiger partial charge in [0.15, 0.2) is 0 Å². The van der Waals surface area contributed by atoms with Gasteiger partial charge in [-0.25, -0.2) is 0 Å². The average Bonchev–Trinajstić information content (AvgIpc) is 3.33. The number of rotatable bonds is 5. The number of benzene rings is 1. The number of furan rings is 1. The Morgan fingerprint density at radius 1 is 1.29 bits per heavy atom. The van der Waals surface area contributed by atoms with Crippen LogP contribution < -0.4 is 4.80 Å². The van der Waals surface area contributed by atoms with Crippen molar-refractivity contribution < 1.29 is 12.8 Å². The van der Waals surface area contributed by atoms with Crippen LogP contribution in [0.2, 0.25) is 4.34 Å². The number of hydrogen-bond acceptors (Lipinski definition) is 5. The summed E-state index contributed by atoms with van der Waals surface area (Å²) in [5, 5.41) is 2.86. The first-order valence-electron chi connectivity index (χ1n) is 8.25. The van der Waals surface area contributed by atoms with Crippen LogP contribution in [0.5, 0.6) is 0 Å². The molecule has 0 atom stereocenters. The summed E-state index contributed by atoms with van der Waals surface area (Å²) < 4.78 is 37.6. The molecule has 0 saturated carbocycles. The fourth-order valence-electron chi connectivity index (χ4n) is 2.98. The molecule has 1 aromatic carbocycles. The number of thiazole rings is 1.